The van der Waals surface area contributed by atoms with E-state index in [0.29, 0.717) is 6.54 Å². The van der Waals surface area contributed by atoms with Gasteiger partial charge in [0.25, 0.3) is 0 Å². The fourth-order valence-corrected chi connectivity index (χ4v) is 3.19. The summed E-state index contributed by atoms with van der Waals surface area (Å²) in [6.07, 6.45) is 0. The Balaban J connectivity index is 2.37. The summed E-state index contributed by atoms with van der Waals surface area (Å²) in [4.78, 5) is 5.80. The Morgan fingerprint density at radius 2 is 2.18 bits per heavy atom. The zero-order chi connectivity index (χ0) is 11.8. The molecule has 2 N–H and O–H groups in total. The molecule has 0 bridgehead atoms. The SMILES string of the molecule is NCc1c(-c2cccs2)nc2cccc(Br)n12. The molecule has 0 saturated carbocycles. The van der Waals surface area contributed by atoms with Crippen molar-refractivity contribution in [3.05, 3.63) is 46.0 Å². The Hall–Kier alpha value is -1.17. The van der Waals surface area contributed by atoms with Crippen LogP contribution >= 0.6 is 27.3 Å². The Morgan fingerprint density at radius 3 is 2.88 bits per heavy atom. The van der Waals surface area contributed by atoms with E-state index in [2.05, 4.69) is 36.8 Å². The smallest absolute Gasteiger partial charge is 0.138 e. The molecule has 0 aliphatic heterocycles. The quantitative estimate of drug-likeness (QED) is 0.738. The highest BCUT2D eigenvalue weighted by molar-refractivity contribution is 9.10. The number of rotatable bonds is 2. The summed E-state index contributed by atoms with van der Waals surface area (Å²) in [5, 5.41) is 2.05. The van der Waals surface area contributed by atoms with E-state index >= 15 is 0 Å². The van der Waals surface area contributed by atoms with Crippen LogP contribution in [0, 0.1) is 0 Å². The number of nitrogens with two attached hydrogens (primary N) is 1. The first-order valence-corrected chi connectivity index (χ1v) is 6.88. The molecule has 0 unspecified atom stereocenters. The molecule has 0 fully saturated rings. The number of nitrogens with zero attached hydrogens (tertiary/aromatic N) is 2. The van der Waals surface area contributed by atoms with E-state index in [4.69, 9.17) is 5.73 Å². The number of thiophene rings is 1. The lowest BCUT2D eigenvalue weighted by Crippen LogP contribution is -2.03. The molecule has 0 spiro atoms. The summed E-state index contributed by atoms with van der Waals surface area (Å²) in [6, 6.07) is 10.1. The molecule has 86 valence electrons. The Kier molecular flexibility index (Phi) is 2.74. The number of fused-ring (bicyclic) bond motifs is 1. The van der Waals surface area contributed by atoms with Crippen LogP contribution in [0.15, 0.2) is 40.3 Å². The largest absolute Gasteiger partial charge is 0.325 e. The Bertz CT molecular complexity index is 658. The maximum atomic E-state index is 5.86. The molecule has 3 heterocycles. The van der Waals surface area contributed by atoms with Crippen molar-refractivity contribution in [3.8, 4) is 10.6 Å². The summed E-state index contributed by atoms with van der Waals surface area (Å²) in [6.45, 7) is 0.469. The second-order valence-corrected chi connectivity index (χ2v) is 5.39. The van der Waals surface area contributed by atoms with Crippen molar-refractivity contribution in [3.63, 3.8) is 0 Å². The molecule has 0 aliphatic rings. The van der Waals surface area contributed by atoms with Gasteiger partial charge in [0.1, 0.15) is 11.3 Å². The standard InChI is InChI=1S/C12H10BrN3S/c13-10-4-1-5-11-15-12(8(7-14)16(10)11)9-3-2-6-17-9/h1-6H,7,14H2. The van der Waals surface area contributed by atoms with Gasteiger partial charge in [-0.1, -0.05) is 12.1 Å². The van der Waals surface area contributed by atoms with Crippen LogP contribution in [0.25, 0.3) is 16.2 Å². The second kappa shape index (κ2) is 4.25. The minimum Gasteiger partial charge on any atom is -0.325 e. The number of hydrogen-bond acceptors (Lipinski definition) is 3. The third-order valence-electron chi connectivity index (χ3n) is 2.64. The first-order chi connectivity index (χ1) is 8.31. The van der Waals surface area contributed by atoms with Gasteiger partial charge in [0, 0.05) is 6.54 Å². The number of aromatic nitrogens is 2. The lowest BCUT2D eigenvalue weighted by atomic mass is 10.3. The molecule has 0 saturated heterocycles. The molecule has 3 nitrogen and oxygen atoms in total. The fourth-order valence-electron chi connectivity index (χ4n) is 1.91. The van der Waals surface area contributed by atoms with Gasteiger partial charge in [0.2, 0.25) is 0 Å². The molecule has 17 heavy (non-hydrogen) atoms. The number of pyridine rings is 1. The van der Waals surface area contributed by atoms with Gasteiger partial charge in [-0.2, -0.15) is 0 Å². The molecule has 3 aromatic heterocycles. The lowest BCUT2D eigenvalue weighted by molar-refractivity contribution is 0.948. The molecule has 0 aromatic carbocycles. The summed E-state index contributed by atoms with van der Waals surface area (Å²) in [7, 11) is 0. The van der Waals surface area contributed by atoms with Crippen molar-refractivity contribution < 1.29 is 0 Å². The predicted molar refractivity (Wildman–Crippen MR) is 74.1 cm³/mol. The minimum atomic E-state index is 0.469. The maximum absolute atomic E-state index is 5.86. The van der Waals surface area contributed by atoms with E-state index in [1.165, 1.54) is 0 Å². The highest BCUT2D eigenvalue weighted by Gasteiger charge is 2.14. The van der Waals surface area contributed by atoms with Gasteiger partial charge in [-0.05, 0) is 39.5 Å². The zero-order valence-corrected chi connectivity index (χ0v) is 11.3. The first-order valence-electron chi connectivity index (χ1n) is 5.21. The van der Waals surface area contributed by atoms with E-state index in [-0.39, 0.29) is 0 Å². The van der Waals surface area contributed by atoms with E-state index < -0.39 is 0 Å². The number of hydrogen-bond donors (Lipinski definition) is 1. The van der Waals surface area contributed by atoms with E-state index in [9.17, 15) is 0 Å². The molecule has 0 aliphatic carbocycles. The van der Waals surface area contributed by atoms with Crippen LogP contribution in [-0.4, -0.2) is 9.38 Å². The molecule has 3 rings (SSSR count). The van der Waals surface area contributed by atoms with Crippen LogP contribution in [0.2, 0.25) is 0 Å². The van der Waals surface area contributed by atoms with Gasteiger partial charge in [0.05, 0.1) is 15.2 Å². The van der Waals surface area contributed by atoms with Crippen molar-refractivity contribution in [1.82, 2.24) is 9.38 Å². The Labute approximate surface area is 111 Å². The van der Waals surface area contributed by atoms with E-state index in [0.717, 1.165) is 26.5 Å². The molecule has 5 heteroatoms. The van der Waals surface area contributed by atoms with Crippen LogP contribution in [0.3, 0.4) is 0 Å². The predicted octanol–water partition coefficient (Wildman–Crippen LogP) is 3.28. The van der Waals surface area contributed by atoms with Gasteiger partial charge in [-0.15, -0.1) is 11.3 Å². The lowest BCUT2D eigenvalue weighted by Gasteiger charge is -2.02. The molecular weight excluding hydrogens is 298 g/mol. The maximum Gasteiger partial charge on any atom is 0.138 e. The van der Waals surface area contributed by atoms with Gasteiger partial charge >= 0.3 is 0 Å². The number of imidazole rings is 1. The Morgan fingerprint density at radius 1 is 1.29 bits per heavy atom. The van der Waals surface area contributed by atoms with Crippen molar-refractivity contribution >= 4 is 32.9 Å². The van der Waals surface area contributed by atoms with Gasteiger partial charge < -0.3 is 5.73 Å². The normalized spacial score (nSPS) is 11.2. The molecule has 0 amide bonds. The highest BCUT2D eigenvalue weighted by Crippen LogP contribution is 2.29. The van der Waals surface area contributed by atoms with Crippen molar-refractivity contribution in [2.75, 3.05) is 0 Å². The summed E-state index contributed by atoms with van der Waals surface area (Å²) in [5.74, 6) is 0. The van der Waals surface area contributed by atoms with Crippen molar-refractivity contribution in [1.29, 1.82) is 0 Å². The molecule has 0 atom stereocenters. The second-order valence-electron chi connectivity index (χ2n) is 3.63. The van der Waals surface area contributed by atoms with Crippen LogP contribution in [0.1, 0.15) is 5.69 Å². The zero-order valence-electron chi connectivity index (χ0n) is 8.93. The average Bonchev–Trinajstić information content (AvgIpc) is 2.95. The van der Waals surface area contributed by atoms with Crippen LogP contribution in [0.5, 0.6) is 0 Å². The average molecular weight is 308 g/mol. The van der Waals surface area contributed by atoms with Crippen LogP contribution in [-0.2, 0) is 6.54 Å². The van der Waals surface area contributed by atoms with Crippen LogP contribution < -0.4 is 5.73 Å². The monoisotopic (exact) mass is 307 g/mol. The molecular formula is C12H10BrN3S. The van der Waals surface area contributed by atoms with E-state index in [1.54, 1.807) is 11.3 Å². The van der Waals surface area contributed by atoms with Gasteiger partial charge in [-0.3, -0.25) is 4.40 Å². The highest BCUT2D eigenvalue weighted by atomic mass is 79.9. The third-order valence-corrected chi connectivity index (χ3v) is 4.13. The van der Waals surface area contributed by atoms with Crippen molar-refractivity contribution in [2.45, 2.75) is 6.54 Å². The van der Waals surface area contributed by atoms with E-state index in [1.807, 2.05) is 24.3 Å². The molecule has 3 aromatic rings. The topological polar surface area (TPSA) is 43.3 Å². The summed E-state index contributed by atoms with van der Waals surface area (Å²) < 4.78 is 3.03. The first kappa shape index (κ1) is 11.0. The number of halogens is 1. The fraction of sp³-hybridized carbons (Fsp3) is 0.0833. The minimum absolute atomic E-state index is 0.469. The van der Waals surface area contributed by atoms with Crippen molar-refractivity contribution in [2.24, 2.45) is 5.73 Å². The summed E-state index contributed by atoms with van der Waals surface area (Å²) in [5.41, 5.74) is 8.80. The van der Waals surface area contributed by atoms with Gasteiger partial charge in [-0.25, -0.2) is 4.98 Å². The van der Waals surface area contributed by atoms with Crippen LogP contribution in [0.4, 0.5) is 0 Å². The third kappa shape index (κ3) is 1.71. The summed E-state index contributed by atoms with van der Waals surface area (Å²) >= 11 is 5.22. The molecule has 0 radical (unpaired) electrons. The van der Waals surface area contributed by atoms with Gasteiger partial charge in [0.15, 0.2) is 0 Å².